The summed E-state index contributed by atoms with van der Waals surface area (Å²) in [6.45, 7) is 9.09. The van der Waals surface area contributed by atoms with Gasteiger partial charge in [0, 0.05) is 37.3 Å². The second-order valence-corrected chi connectivity index (χ2v) is 6.17. The molecule has 0 spiro atoms. The average Bonchev–Trinajstić information content (AvgIpc) is 2.37. The normalized spacial score (nSPS) is 14.8. The van der Waals surface area contributed by atoms with E-state index in [0.717, 1.165) is 18.1 Å². The largest absolute Gasteiger partial charge is 0.383 e. The molecule has 2 atom stereocenters. The first-order valence-electron chi connectivity index (χ1n) is 7.19. The second-order valence-electron chi connectivity index (χ2n) is 5.74. The summed E-state index contributed by atoms with van der Waals surface area (Å²) in [4.78, 5) is 2.40. The lowest BCUT2D eigenvalue weighted by molar-refractivity contribution is 0.101. The van der Waals surface area contributed by atoms with Gasteiger partial charge >= 0.3 is 0 Å². The van der Waals surface area contributed by atoms with Gasteiger partial charge in [0.1, 0.15) is 0 Å². The molecule has 0 aliphatic rings. The summed E-state index contributed by atoms with van der Waals surface area (Å²) in [6, 6.07) is 8.22. The molecule has 0 heterocycles. The Morgan fingerprint density at radius 3 is 2.25 bits per heavy atom. The summed E-state index contributed by atoms with van der Waals surface area (Å²) in [6.07, 6.45) is 0. The highest BCUT2D eigenvalue weighted by Crippen LogP contribution is 2.25. The van der Waals surface area contributed by atoms with Gasteiger partial charge in [0.15, 0.2) is 0 Å². The molecular weight excluding hydrogens is 272 g/mol. The number of benzene rings is 1. The summed E-state index contributed by atoms with van der Waals surface area (Å²) in [5, 5.41) is 0.754. The smallest absolute Gasteiger partial charge is 0.0589 e. The average molecular weight is 299 g/mol. The van der Waals surface area contributed by atoms with Crippen LogP contribution in [0.3, 0.4) is 0 Å². The van der Waals surface area contributed by atoms with Crippen molar-refractivity contribution in [1.82, 2.24) is 4.90 Å². The fourth-order valence-electron chi connectivity index (χ4n) is 2.53. The third-order valence-electron chi connectivity index (χ3n) is 3.29. The van der Waals surface area contributed by atoms with Gasteiger partial charge < -0.3 is 10.5 Å². The number of methoxy groups -OCH3 is 1. The molecule has 114 valence electrons. The zero-order valence-electron chi connectivity index (χ0n) is 13.0. The van der Waals surface area contributed by atoms with Crippen LogP contribution in [0, 0.1) is 5.92 Å². The summed E-state index contributed by atoms with van der Waals surface area (Å²) in [5.74, 6) is 0.584. The Bertz CT molecular complexity index is 379. The van der Waals surface area contributed by atoms with E-state index in [0.29, 0.717) is 12.5 Å². The van der Waals surface area contributed by atoms with Crippen LogP contribution in [0.25, 0.3) is 0 Å². The van der Waals surface area contributed by atoms with Gasteiger partial charge in [0.2, 0.25) is 0 Å². The Balaban J connectivity index is 2.96. The minimum absolute atomic E-state index is 0.0479. The molecule has 2 unspecified atom stereocenters. The maximum Gasteiger partial charge on any atom is 0.0589 e. The molecule has 2 N–H and O–H groups in total. The maximum absolute atomic E-state index is 6.24. The van der Waals surface area contributed by atoms with Crippen LogP contribution in [0.5, 0.6) is 0 Å². The molecule has 1 aromatic rings. The summed E-state index contributed by atoms with van der Waals surface area (Å²) in [7, 11) is 1.73. The highest BCUT2D eigenvalue weighted by Gasteiger charge is 2.24. The number of ether oxygens (including phenoxy) is 1. The van der Waals surface area contributed by atoms with Crippen LogP contribution in [-0.2, 0) is 4.74 Å². The van der Waals surface area contributed by atoms with Crippen molar-refractivity contribution in [3.8, 4) is 0 Å². The Morgan fingerprint density at radius 2 is 1.80 bits per heavy atom. The first kappa shape index (κ1) is 17.4. The monoisotopic (exact) mass is 298 g/mol. The fourth-order valence-corrected chi connectivity index (χ4v) is 2.65. The predicted octanol–water partition coefficient (Wildman–Crippen LogP) is 3.33. The van der Waals surface area contributed by atoms with Gasteiger partial charge in [-0.25, -0.2) is 0 Å². The van der Waals surface area contributed by atoms with Crippen molar-refractivity contribution >= 4 is 11.6 Å². The standard InChI is InChI=1S/C16H27ClN2O/c1-12(2)11-19(9-10-20-4)16(13(3)18)14-5-7-15(17)8-6-14/h5-8,12-13,16H,9-11,18H2,1-4H3. The van der Waals surface area contributed by atoms with Gasteiger partial charge in [-0.3, -0.25) is 4.90 Å². The minimum Gasteiger partial charge on any atom is -0.383 e. The predicted molar refractivity (Wildman–Crippen MR) is 86.1 cm³/mol. The summed E-state index contributed by atoms with van der Waals surface area (Å²) >= 11 is 5.98. The SMILES string of the molecule is COCCN(CC(C)C)C(c1ccc(Cl)cc1)C(C)N. The van der Waals surface area contributed by atoms with Crippen LogP contribution in [0.4, 0.5) is 0 Å². The van der Waals surface area contributed by atoms with Crippen molar-refractivity contribution in [3.05, 3.63) is 34.9 Å². The molecule has 0 radical (unpaired) electrons. The number of hydrogen-bond acceptors (Lipinski definition) is 3. The highest BCUT2D eigenvalue weighted by atomic mass is 35.5. The Labute approximate surface area is 128 Å². The maximum atomic E-state index is 6.24. The van der Waals surface area contributed by atoms with Crippen LogP contribution < -0.4 is 5.73 Å². The van der Waals surface area contributed by atoms with E-state index < -0.39 is 0 Å². The molecule has 0 aliphatic carbocycles. The van der Waals surface area contributed by atoms with Gasteiger partial charge in [-0.1, -0.05) is 37.6 Å². The van der Waals surface area contributed by atoms with Crippen molar-refractivity contribution in [2.45, 2.75) is 32.9 Å². The lowest BCUT2D eigenvalue weighted by Gasteiger charge is -2.35. The molecule has 3 nitrogen and oxygen atoms in total. The van der Waals surface area contributed by atoms with Gasteiger partial charge in [0.25, 0.3) is 0 Å². The van der Waals surface area contributed by atoms with Crippen molar-refractivity contribution in [2.24, 2.45) is 11.7 Å². The van der Waals surface area contributed by atoms with Gasteiger partial charge in [0.05, 0.1) is 6.61 Å². The Kier molecular flexibility index (Phi) is 7.52. The van der Waals surface area contributed by atoms with Gasteiger partial charge in [-0.15, -0.1) is 0 Å². The van der Waals surface area contributed by atoms with Crippen LogP contribution in [-0.4, -0.2) is 37.7 Å². The molecule has 0 fully saturated rings. The number of hydrogen-bond donors (Lipinski definition) is 1. The van der Waals surface area contributed by atoms with E-state index in [9.17, 15) is 0 Å². The third kappa shape index (κ3) is 5.41. The van der Waals surface area contributed by atoms with E-state index in [2.05, 4.69) is 37.8 Å². The van der Waals surface area contributed by atoms with Crippen LogP contribution in [0.15, 0.2) is 24.3 Å². The molecule has 4 heteroatoms. The first-order valence-corrected chi connectivity index (χ1v) is 7.57. The summed E-state index contributed by atoms with van der Waals surface area (Å²) in [5.41, 5.74) is 7.45. The lowest BCUT2D eigenvalue weighted by atomic mass is 9.98. The molecule has 0 saturated heterocycles. The molecule has 0 aromatic heterocycles. The lowest BCUT2D eigenvalue weighted by Crippen LogP contribution is -2.42. The van der Waals surface area contributed by atoms with Gasteiger partial charge in [-0.2, -0.15) is 0 Å². The van der Waals surface area contributed by atoms with E-state index >= 15 is 0 Å². The van der Waals surface area contributed by atoms with E-state index in [-0.39, 0.29) is 12.1 Å². The third-order valence-corrected chi connectivity index (χ3v) is 3.54. The van der Waals surface area contributed by atoms with Crippen LogP contribution >= 0.6 is 11.6 Å². The number of nitrogens with zero attached hydrogens (tertiary/aromatic N) is 1. The molecule has 1 rings (SSSR count). The van der Waals surface area contributed by atoms with E-state index in [1.165, 1.54) is 5.56 Å². The second kappa shape index (κ2) is 8.63. The van der Waals surface area contributed by atoms with Crippen molar-refractivity contribution in [1.29, 1.82) is 0 Å². The first-order chi connectivity index (χ1) is 9.45. The highest BCUT2D eigenvalue weighted by molar-refractivity contribution is 6.30. The molecule has 20 heavy (non-hydrogen) atoms. The van der Waals surface area contributed by atoms with E-state index in [1.807, 2.05) is 12.1 Å². The molecule has 0 aliphatic heterocycles. The number of nitrogens with two attached hydrogens (primary N) is 1. The van der Waals surface area contributed by atoms with Crippen molar-refractivity contribution in [2.75, 3.05) is 26.8 Å². The fraction of sp³-hybridized carbons (Fsp3) is 0.625. The molecule has 0 amide bonds. The Morgan fingerprint density at radius 1 is 1.20 bits per heavy atom. The minimum atomic E-state index is 0.0479. The topological polar surface area (TPSA) is 38.5 Å². The molecule has 1 aromatic carbocycles. The molecule has 0 saturated carbocycles. The van der Waals surface area contributed by atoms with E-state index in [4.69, 9.17) is 22.1 Å². The van der Waals surface area contributed by atoms with Crippen molar-refractivity contribution in [3.63, 3.8) is 0 Å². The Hall–Kier alpha value is -0.610. The van der Waals surface area contributed by atoms with Gasteiger partial charge in [-0.05, 0) is 30.5 Å². The quantitative estimate of drug-likeness (QED) is 0.800. The van der Waals surface area contributed by atoms with Crippen LogP contribution in [0.2, 0.25) is 5.02 Å². The van der Waals surface area contributed by atoms with Crippen molar-refractivity contribution < 1.29 is 4.74 Å². The summed E-state index contributed by atoms with van der Waals surface area (Å²) < 4.78 is 5.24. The van der Waals surface area contributed by atoms with E-state index in [1.54, 1.807) is 7.11 Å². The number of halogens is 1. The molecular formula is C16H27ClN2O. The zero-order valence-corrected chi connectivity index (χ0v) is 13.7. The number of rotatable bonds is 8. The zero-order chi connectivity index (χ0) is 15.1. The van der Waals surface area contributed by atoms with Crippen LogP contribution in [0.1, 0.15) is 32.4 Å². The molecule has 0 bridgehead atoms.